The van der Waals surface area contributed by atoms with Crippen molar-refractivity contribution in [3.63, 3.8) is 0 Å². The second kappa shape index (κ2) is 18.3. The third kappa shape index (κ3) is 14.1. The number of nitrogens with one attached hydrogen (secondary N) is 1. The zero-order valence-electron chi connectivity index (χ0n) is 26.0. The van der Waals surface area contributed by atoms with Crippen LogP contribution < -0.4 is 10.1 Å². The summed E-state index contributed by atoms with van der Waals surface area (Å²) < 4.78 is 33.8. The fourth-order valence-electron chi connectivity index (χ4n) is 4.45. The van der Waals surface area contributed by atoms with Crippen molar-refractivity contribution in [2.24, 2.45) is 0 Å². The number of carbonyl (C=O) groups is 2. The van der Waals surface area contributed by atoms with Gasteiger partial charge in [-0.1, -0.05) is 54.1 Å². The number of ether oxygens (including phenoxy) is 6. The van der Waals surface area contributed by atoms with Crippen LogP contribution in [0.25, 0.3) is 0 Å². The van der Waals surface area contributed by atoms with E-state index in [9.17, 15) is 9.59 Å². The first-order valence-electron chi connectivity index (χ1n) is 15.0. The van der Waals surface area contributed by atoms with E-state index < -0.39 is 23.7 Å². The Balaban J connectivity index is 1.63. The Bertz CT molecular complexity index is 1120. The summed E-state index contributed by atoms with van der Waals surface area (Å²) in [7, 11) is 1.64. The first kappa shape index (κ1) is 34.1. The van der Waals surface area contributed by atoms with Gasteiger partial charge in [0.2, 0.25) is 0 Å². The number of alkyl carbamates (subject to hydrolysis) is 1. The van der Waals surface area contributed by atoms with Crippen LogP contribution in [0, 0.1) is 0 Å². The van der Waals surface area contributed by atoms with Gasteiger partial charge in [0.05, 0.1) is 20.3 Å². The van der Waals surface area contributed by atoms with Gasteiger partial charge >= 0.3 is 12.1 Å². The smallest absolute Gasteiger partial charge is 0.408 e. The van der Waals surface area contributed by atoms with Gasteiger partial charge in [-0.05, 0) is 82.6 Å². The van der Waals surface area contributed by atoms with Gasteiger partial charge in [-0.3, -0.25) is 0 Å². The summed E-state index contributed by atoms with van der Waals surface area (Å²) >= 11 is 0. The molecule has 1 N–H and O–H groups in total. The van der Waals surface area contributed by atoms with Crippen molar-refractivity contribution in [1.82, 2.24) is 5.32 Å². The molecular weight excluding hydrogens is 550 g/mol. The van der Waals surface area contributed by atoms with E-state index in [1.165, 1.54) is 0 Å². The van der Waals surface area contributed by atoms with E-state index in [-0.39, 0.29) is 19.3 Å². The summed E-state index contributed by atoms with van der Waals surface area (Å²) in [6.45, 7) is 7.48. The molecule has 2 atom stereocenters. The van der Waals surface area contributed by atoms with Gasteiger partial charge in [0.15, 0.2) is 6.29 Å². The molecule has 0 radical (unpaired) electrons. The Morgan fingerprint density at radius 3 is 2.44 bits per heavy atom. The molecule has 0 aliphatic carbocycles. The van der Waals surface area contributed by atoms with E-state index in [1.807, 2.05) is 60.7 Å². The number of esters is 1. The van der Waals surface area contributed by atoms with E-state index in [0.717, 1.165) is 48.1 Å². The van der Waals surface area contributed by atoms with Crippen LogP contribution in [-0.4, -0.2) is 56.9 Å². The van der Waals surface area contributed by atoms with Crippen LogP contribution in [0.2, 0.25) is 0 Å². The Hall–Kier alpha value is -3.40. The van der Waals surface area contributed by atoms with Crippen molar-refractivity contribution in [2.75, 3.05) is 26.9 Å². The highest BCUT2D eigenvalue weighted by Crippen LogP contribution is 2.19. The van der Waals surface area contributed by atoms with Gasteiger partial charge in [0.1, 0.15) is 24.0 Å². The second-order valence-corrected chi connectivity index (χ2v) is 11.5. The molecule has 1 unspecified atom stereocenters. The predicted octanol–water partition coefficient (Wildman–Crippen LogP) is 6.49. The summed E-state index contributed by atoms with van der Waals surface area (Å²) in [6.07, 6.45) is 5.65. The maximum Gasteiger partial charge on any atom is 0.408 e. The van der Waals surface area contributed by atoms with Crippen molar-refractivity contribution in [3.05, 3.63) is 77.4 Å². The van der Waals surface area contributed by atoms with Gasteiger partial charge in [0, 0.05) is 13.2 Å². The van der Waals surface area contributed by atoms with Crippen molar-refractivity contribution in [3.8, 4) is 5.75 Å². The van der Waals surface area contributed by atoms with Crippen LogP contribution in [0.15, 0.2) is 66.2 Å². The van der Waals surface area contributed by atoms with Crippen molar-refractivity contribution >= 4 is 12.1 Å². The van der Waals surface area contributed by atoms with Crippen LogP contribution in [0.1, 0.15) is 70.4 Å². The molecule has 1 fully saturated rings. The topological polar surface area (TPSA) is 102 Å². The Morgan fingerprint density at radius 1 is 1.02 bits per heavy atom. The standard InChI is InChI=1S/C34H47NO8/c1-34(2,3)43-33(37)35-30(32(36)42-25-27-11-6-5-7-12-27)23-26(19-22-41-31-14-8-9-21-40-31)13-10-20-39-24-28-15-17-29(38-4)18-16-28/h5-7,11-12,15-19,30-31H,8-10,13-14,20-25H2,1-4H3,(H,35,37)/b26-19+/t30-,31?/m0/s1. The van der Waals surface area contributed by atoms with Crippen molar-refractivity contribution < 1.29 is 38.0 Å². The molecule has 1 amide bonds. The Morgan fingerprint density at radius 2 is 1.77 bits per heavy atom. The molecular formula is C34H47NO8. The molecule has 9 nitrogen and oxygen atoms in total. The fourth-order valence-corrected chi connectivity index (χ4v) is 4.45. The summed E-state index contributed by atoms with van der Waals surface area (Å²) in [5.74, 6) is 0.268. The van der Waals surface area contributed by atoms with Gasteiger partial charge in [-0.25, -0.2) is 9.59 Å². The fraction of sp³-hybridized carbons (Fsp3) is 0.529. The molecule has 43 heavy (non-hydrogen) atoms. The van der Waals surface area contributed by atoms with Crippen molar-refractivity contribution in [2.45, 2.75) is 90.4 Å². The largest absolute Gasteiger partial charge is 0.497 e. The van der Waals surface area contributed by atoms with E-state index in [0.29, 0.717) is 32.8 Å². The van der Waals surface area contributed by atoms with E-state index in [4.69, 9.17) is 28.4 Å². The molecule has 1 aliphatic heterocycles. The number of benzene rings is 2. The number of hydrogen-bond acceptors (Lipinski definition) is 8. The molecule has 1 heterocycles. The lowest BCUT2D eigenvalue weighted by Gasteiger charge is -2.24. The molecule has 1 aliphatic rings. The van der Waals surface area contributed by atoms with E-state index in [2.05, 4.69) is 5.32 Å². The zero-order chi connectivity index (χ0) is 30.9. The highest BCUT2D eigenvalue weighted by atomic mass is 16.7. The average molecular weight is 598 g/mol. The van der Waals surface area contributed by atoms with Gasteiger partial charge in [-0.15, -0.1) is 0 Å². The molecule has 236 valence electrons. The first-order valence-corrected chi connectivity index (χ1v) is 15.0. The number of rotatable bonds is 16. The van der Waals surface area contributed by atoms with Crippen molar-refractivity contribution in [1.29, 1.82) is 0 Å². The maximum absolute atomic E-state index is 13.2. The number of carbonyl (C=O) groups excluding carboxylic acids is 2. The highest BCUT2D eigenvalue weighted by Gasteiger charge is 2.27. The Labute approximate surface area is 255 Å². The monoisotopic (exact) mass is 597 g/mol. The third-order valence-corrected chi connectivity index (χ3v) is 6.67. The Kier molecular flexibility index (Phi) is 14.5. The molecule has 2 aromatic carbocycles. The van der Waals surface area contributed by atoms with Crippen LogP contribution >= 0.6 is 0 Å². The summed E-state index contributed by atoms with van der Waals surface area (Å²) in [6, 6.07) is 16.3. The minimum atomic E-state index is -0.934. The maximum atomic E-state index is 13.2. The molecule has 0 bridgehead atoms. The SMILES string of the molecule is COc1ccc(COCCC/C(=C\COC2CCCCO2)C[C@H](NC(=O)OC(C)(C)C)C(=O)OCc2ccccc2)cc1. The van der Waals surface area contributed by atoms with E-state index in [1.54, 1.807) is 27.9 Å². The van der Waals surface area contributed by atoms with Gasteiger partial charge in [0.25, 0.3) is 0 Å². The quantitative estimate of drug-likeness (QED) is 0.133. The lowest BCUT2D eigenvalue weighted by Crippen LogP contribution is -2.44. The predicted molar refractivity (Wildman–Crippen MR) is 164 cm³/mol. The molecule has 0 aromatic heterocycles. The molecule has 2 aromatic rings. The average Bonchev–Trinajstić information content (AvgIpc) is 2.99. The molecule has 1 saturated heterocycles. The molecule has 0 spiro atoms. The van der Waals surface area contributed by atoms with Gasteiger partial charge < -0.3 is 33.7 Å². The van der Waals surface area contributed by atoms with Crippen LogP contribution in [0.4, 0.5) is 4.79 Å². The number of hydrogen-bond donors (Lipinski definition) is 1. The molecule has 3 rings (SSSR count). The lowest BCUT2D eigenvalue weighted by atomic mass is 10.0. The van der Waals surface area contributed by atoms with Crippen LogP contribution in [-0.2, 0) is 41.7 Å². The zero-order valence-corrected chi connectivity index (χ0v) is 26.0. The highest BCUT2D eigenvalue weighted by molar-refractivity contribution is 5.81. The molecule has 0 saturated carbocycles. The number of methoxy groups -OCH3 is 1. The first-order chi connectivity index (χ1) is 20.7. The minimum Gasteiger partial charge on any atom is -0.497 e. The van der Waals surface area contributed by atoms with Crippen LogP contribution in [0.3, 0.4) is 0 Å². The summed E-state index contributed by atoms with van der Waals surface area (Å²) in [5.41, 5.74) is 2.15. The van der Waals surface area contributed by atoms with Gasteiger partial charge in [-0.2, -0.15) is 0 Å². The lowest BCUT2D eigenvalue weighted by molar-refractivity contribution is -0.155. The third-order valence-electron chi connectivity index (χ3n) is 6.67. The van der Waals surface area contributed by atoms with E-state index >= 15 is 0 Å². The number of amides is 1. The molecule has 9 heteroatoms. The summed E-state index contributed by atoms with van der Waals surface area (Å²) in [5, 5.41) is 2.73. The normalized spacial score (nSPS) is 16.3. The van der Waals surface area contributed by atoms with Crippen LogP contribution in [0.5, 0.6) is 5.75 Å². The summed E-state index contributed by atoms with van der Waals surface area (Å²) in [4.78, 5) is 25.9. The minimum absolute atomic E-state index is 0.104. The second-order valence-electron chi connectivity index (χ2n) is 11.5.